The van der Waals surface area contributed by atoms with Crippen molar-refractivity contribution in [3.8, 4) is 11.8 Å². The predicted molar refractivity (Wildman–Crippen MR) is 150 cm³/mol. The van der Waals surface area contributed by atoms with Crippen LogP contribution in [0.2, 0.25) is 36.3 Å². The summed E-state index contributed by atoms with van der Waals surface area (Å²) in [7, 11) is -3.92. The molecule has 5 heteroatoms. The largest absolute Gasteiger partial charge is 0.412 e. The van der Waals surface area contributed by atoms with E-state index in [1.807, 2.05) is 0 Å². The molecule has 0 heterocycles. The molecular formula is C29H52O3Si2. The van der Waals surface area contributed by atoms with E-state index >= 15 is 0 Å². The van der Waals surface area contributed by atoms with Gasteiger partial charge in [0.15, 0.2) is 22.4 Å². The Labute approximate surface area is 213 Å². The fourth-order valence-corrected chi connectivity index (χ4v) is 7.44. The van der Waals surface area contributed by atoms with E-state index in [1.54, 1.807) is 0 Å². The van der Waals surface area contributed by atoms with E-state index in [0.29, 0.717) is 12.0 Å². The molecule has 0 aromatic heterocycles. The van der Waals surface area contributed by atoms with Crippen LogP contribution < -0.4 is 0 Å². The molecular weight excluding hydrogens is 452 g/mol. The summed E-state index contributed by atoms with van der Waals surface area (Å²) < 4.78 is 13.7. The molecule has 194 valence electrons. The molecule has 0 aromatic rings. The molecule has 3 nitrogen and oxygen atoms in total. The summed E-state index contributed by atoms with van der Waals surface area (Å²) in [6, 6.07) is 0. The van der Waals surface area contributed by atoms with Gasteiger partial charge in [-0.1, -0.05) is 79.7 Å². The lowest BCUT2D eigenvalue weighted by molar-refractivity contribution is -0.115. The Morgan fingerprint density at radius 2 is 1.62 bits per heavy atom. The summed E-state index contributed by atoms with van der Waals surface area (Å²) in [4.78, 5) is 12.6. The normalized spacial score (nSPS) is 24.4. The van der Waals surface area contributed by atoms with Crippen molar-refractivity contribution in [2.45, 2.75) is 142 Å². The summed E-state index contributed by atoms with van der Waals surface area (Å²) in [6.07, 6.45) is 7.32. The first-order valence-corrected chi connectivity index (χ1v) is 19.2. The lowest BCUT2D eigenvalue weighted by Crippen LogP contribution is -2.51. The number of ketones is 1. The van der Waals surface area contributed by atoms with Gasteiger partial charge in [-0.15, -0.1) is 0 Å². The number of carbonyl (C=O) groups excluding carboxylic acids is 1. The molecule has 2 fully saturated rings. The average molecular weight is 505 g/mol. The fraction of sp³-hybridized carbons (Fsp3) is 0.828. The highest BCUT2D eigenvalue weighted by Crippen LogP contribution is 2.52. The minimum atomic E-state index is -2.00. The van der Waals surface area contributed by atoms with Crippen molar-refractivity contribution >= 4 is 22.4 Å². The highest BCUT2D eigenvalue weighted by molar-refractivity contribution is 6.74. The molecule has 0 aromatic carbocycles. The van der Waals surface area contributed by atoms with E-state index in [9.17, 15) is 4.79 Å². The Bertz CT molecular complexity index is 813. The molecule has 0 radical (unpaired) electrons. The molecule has 3 atom stereocenters. The zero-order chi connectivity index (χ0) is 26.2. The Morgan fingerprint density at radius 1 is 1.06 bits per heavy atom. The molecule has 0 N–H and O–H groups in total. The average Bonchev–Trinajstić information content (AvgIpc) is 2.88. The van der Waals surface area contributed by atoms with Crippen LogP contribution in [-0.2, 0) is 13.6 Å². The first kappa shape index (κ1) is 29.6. The van der Waals surface area contributed by atoms with Crippen molar-refractivity contribution in [1.29, 1.82) is 0 Å². The van der Waals surface area contributed by atoms with E-state index in [0.717, 1.165) is 6.42 Å². The van der Waals surface area contributed by atoms with Gasteiger partial charge >= 0.3 is 0 Å². The smallest absolute Gasteiger partial charge is 0.192 e. The van der Waals surface area contributed by atoms with Crippen molar-refractivity contribution < 1.29 is 13.6 Å². The van der Waals surface area contributed by atoms with Gasteiger partial charge < -0.3 is 8.85 Å². The van der Waals surface area contributed by atoms with Gasteiger partial charge in [0.05, 0.1) is 18.1 Å². The third-order valence-corrected chi connectivity index (χ3v) is 18.3. The lowest BCUT2D eigenvalue weighted by atomic mass is 9.62. The van der Waals surface area contributed by atoms with Crippen molar-refractivity contribution in [3.05, 3.63) is 12.2 Å². The monoisotopic (exact) mass is 504 g/mol. The highest BCUT2D eigenvalue weighted by Gasteiger charge is 2.49. The number of rotatable bonds is 8. The summed E-state index contributed by atoms with van der Waals surface area (Å²) in [5.41, 5.74) is 0.892. The second-order valence-electron chi connectivity index (χ2n) is 13.9. The van der Waals surface area contributed by atoms with Gasteiger partial charge in [-0.3, -0.25) is 4.79 Å². The lowest BCUT2D eigenvalue weighted by Gasteiger charge is -2.51. The van der Waals surface area contributed by atoms with Gasteiger partial charge in [-0.05, 0) is 60.9 Å². The standard InChI is InChI=1S/C29H52O3Si2/c1-13-18-29(19-15-20-29)26(32-34(11,12)28(6,7)8)17-14-16-23-22(2)24(30)21-25(23)31-33(9,10)27(3,4)5/h23,25-26H,2,13,15,17-21H2,1,3-12H3/t23-,25-,26?/m1/s1. The number of carbonyl (C=O) groups is 1. The minimum Gasteiger partial charge on any atom is -0.412 e. The van der Waals surface area contributed by atoms with Crippen molar-refractivity contribution in [2.24, 2.45) is 11.3 Å². The van der Waals surface area contributed by atoms with Crippen molar-refractivity contribution in [1.82, 2.24) is 0 Å². The maximum absolute atomic E-state index is 12.6. The van der Waals surface area contributed by atoms with Gasteiger partial charge in [-0.2, -0.15) is 0 Å². The van der Waals surface area contributed by atoms with Crippen LogP contribution in [0.25, 0.3) is 0 Å². The van der Waals surface area contributed by atoms with Crippen LogP contribution in [0.1, 0.15) is 93.4 Å². The van der Waals surface area contributed by atoms with Gasteiger partial charge in [0.25, 0.3) is 0 Å². The van der Waals surface area contributed by atoms with Crippen LogP contribution in [0.5, 0.6) is 0 Å². The van der Waals surface area contributed by atoms with Gasteiger partial charge in [0.2, 0.25) is 0 Å². The quantitative estimate of drug-likeness (QED) is 0.189. The zero-order valence-electron chi connectivity index (χ0n) is 24.1. The van der Waals surface area contributed by atoms with Crippen molar-refractivity contribution in [3.63, 3.8) is 0 Å². The molecule has 2 rings (SSSR count). The molecule has 0 spiro atoms. The van der Waals surface area contributed by atoms with Crippen LogP contribution in [0.4, 0.5) is 0 Å². The summed E-state index contributed by atoms with van der Waals surface area (Å²) in [5.74, 6) is 6.89. The Morgan fingerprint density at radius 3 is 2.06 bits per heavy atom. The third kappa shape index (κ3) is 6.35. The Hall–Kier alpha value is -0.676. The second kappa shape index (κ2) is 10.4. The molecule has 0 amide bonds. The molecule has 0 bridgehead atoms. The van der Waals surface area contributed by atoms with Crippen LogP contribution in [0.3, 0.4) is 0 Å². The maximum atomic E-state index is 12.6. The fourth-order valence-electron chi connectivity index (χ4n) is 4.71. The number of hydrogen-bond donors (Lipinski definition) is 0. The Kier molecular flexibility index (Phi) is 9.01. The first-order chi connectivity index (χ1) is 15.4. The third-order valence-electron chi connectivity index (χ3n) is 9.31. The zero-order valence-corrected chi connectivity index (χ0v) is 26.1. The second-order valence-corrected chi connectivity index (χ2v) is 23.4. The maximum Gasteiger partial charge on any atom is 0.192 e. The molecule has 2 aliphatic carbocycles. The minimum absolute atomic E-state index is 0.0941. The number of Topliss-reactive ketones (excluding diaryl/α,β-unsaturated/α-hetero) is 1. The van der Waals surface area contributed by atoms with Gasteiger partial charge in [0, 0.05) is 18.4 Å². The van der Waals surface area contributed by atoms with E-state index in [2.05, 4.69) is 93.1 Å². The van der Waals surface area contributed by atoms with Crippen LogP contribution in [0.15, 0.2) is 12.2 Å². The Balaban J connectivity index is 2.28. The summed E-state index contributed by atoms with van der Waals surface area (Å²) in [5, 5.41) is 0.265. The van der Waals surface area contributed by atoms with E-state index in [-0.39, 0.29) is 39.4 Å². The molecule has 0 saturated heterocycles. The van der Waals surface area contributed by atoms with E-state index < -0.39 is 16.6 Å². The van der Waals surface area contributed by atoms with Gasteiger partial charge in [0.1, 0.15) is 0 Å². The predicted octanol–water partition coefficient (Wildman–Crippen LogP) is 8.28. The van der Waals surface area contributed by atoms with Crippen molar-refractivity contribution in [2.75, 3.05) is 0 Å². The SMILES string of the molecule is C=C1C(=O)C[C@@H](O[Si](C)(C)C(C)(C)C)[C@@H]1C#CCC(O[Si](C)(C)C(C)(C)C)C1(CCC)CCC1. The van der Waals surface area contributed by atoms with Crippen LogP contribution in [0, 0.1) is 23.2 Å². The van der Waals surface area contributed by atoms with E-state index in [1.165, 1.54) is 32.1 Å². The summed E-state index contributed by atoms with van der Waals surface area (Å²) >= 11 is 0. The molecule has 2 aliphatic rings. The molecule has 34 heavy (non-hydrogen) atoms. The topological polar surface area (TPSA) is 35.5 Å². The van der Waals surface area contributed by atoms with E-state index in [4.69, 9.17) is 8.85 Å². The van der Waals surface area contributed by atoms with Gasteiger partial charge in [-0.25, -0.2) is 0 Å². The molecule has 0 aliphatic heterocycles. The summed E-state index contributed by atoms with van der Waals surface area (Å²) in [6.45, 7) is 29.2. The number of hydrogen-bond acceptors (Lipinski definition) is 3. The molecule has 2 saturated carbocycles. The van der Waals surface area contributed by atoms with Crippen LogP contribution >= 0.6 is 0 Å². The highest BCUT2D eigenvalue weighted by atomic mass is 28.4. The first-order valence-electron chi connectivity index (χ1n) is 13.4. The van der Waals surface area contributed by atoms with Crippen LogP contribution in [-0.4, -0.2) is 34.6 Å². The molecule has 1 unspecified atom stereocenters.